The lowest BCUT2D eigenvalue weighted by Crippen LogP contribution is -2.26. The Morgan fingerprint density at radius 2 is 1.86 bits per heavy atom. The average molecular weight is 378 g/mol. The Hall–Kier alpha value is -3.48. The van der Waals surface area contributed by atoms with Gasteiger partial charge in [0, 0.05) is 36.0 Å². The van der Waals surface area contributed by atoms with Crippen molar-refractivity contribution in [3.8, 4) is 16.9 Å². The number of amides is 1. The summed E-state index contributed by atoms with van der Waals surface area (Å²) < 4.78 is 1.73. The second kappa shape index (κ2) is 8.94. The summed E-state index contributed by atoms with van der Waals surface area (Å²) in [6.45, 7) is 2.72. The number of non-ortho nitro benzene ring substituents is 1. The van der Waals surface area contributed by atoms with Gasteiger partial charge in [-0.25, -0.2) is 4.68 Å². The van der Waals surface area contributed by atoms with Gasteiger partial charge in [-0.3, -0.25) is 14.9 Å². The van der Waals surface area contributed by atoms with E-state index < -0.39 is 4.92 Å². The standard InChI is InChI=1S/C21H22N4O3/c1-2-3-13-22-20(26)14-17-15-24(18-7-5-4-6-8-18)23-21(17)16-9-11-19(12-10-16)25(27)28/h4-12,15H,2-3,13-14H2,1H3,(H,22,26). The van der Waals surface area contributed by atoms with E-state index in [4.69, 9.17) is 0 Å². The van der Waals surface area contributed by atoms with Gasteiger partial charge in [-0.1, -0.05) is 31.5 Å². The minimum atomic E-state index is -0.436. The Morgan fingerprint density at radius 1 is 1.14 bits per heavy atom. The number of unbranched alkanes of at least 4 members (excludes halogenated alkanes) is 1. The van der Waals surface area contributed by atoms with E-state index in [2.05, 4.69) is 17.3 Å². The minimum Gasteiger partial charge on any atom is -0.356 e. The predicted molar refractivity (Wildman–Crippen MR) is 107 cm³/mol. The number of nitro benzene ring substituents is 1. The fraction of sp³-hybridized carbons (Fsp3) is 0.238. The monoisotopic (exact) mass is 378 g/mol. The van der Waals surface area contributed by atoms with Crippen LogP contribution in [-0.4, -0.2) is 27.2 Å². The van der Waals surface area contributed by atoms with Crippen molar-refractivity contribution in [2.24, 2.45) is 0 Å². The van der Waals surface area contributed by atoms with Crippen LogP contribution in [-0.2, 0) is 11.2 Å². The molecule has 7 nitrogen and oxygen atoms in total. The van der Waals surface area contributed by atoms with E-state index in [-0.39, 0.29) is 18.0 Å². The van der Waals surface area contributed by atoms with E-state index in [1.165, 1.54) is 12.1 Å². The molecule has 3 rings (SSSR count). The Kier molecular flexibility index (Phi) is 6.16. The fourth-order valence-electron chi connectivity index (χ4n) is 2.88. The van der Waals surface area contributed by atoms with Gasteiger partial charge in [-0.05, 0) is 30.7 Å². The predicted octanol–water partition coefficient (Wildman–Crippen LogP) is 3.91. The van der Waals surface area contributed by atoms with E-state index >= 15 is 0 Å². The lowest BCUT2D eigenvalue weighted by molar-refractivity contribution is -0.384. The molecule has 0 aliphatic carbocycles. The SMILES string of the molecule is CCCCNC(=O)Cc1cn(-c2ccccc2)nc1-c1ccc([N+](=O)[O-])cc1. The van der Waals surface area contributed by atoms with E-state index in [1.807, 2.05) is 36.5 Å². The number of nitrogens with one attached hydrogen (secondary N) is 1. The highest BCUT2D eigenvalue weighted by Gasteiger charge is 2.16. The fourth-order valence-corrected chi connectivity index (χ4v) is 2.88. The summed E-state index contributed by atoms with van der Waals surface area (Å²) in [5, 5.41) is 18.5. The molecule has 0 saturated carbocycles. The van der Waals surface area contributed by atoms with Crippen LogP contribution < -0.4 is 5.32 Å². The molecule has 3 aromatic rings. The first kappa shape index (κ1) is 19.3. The van der Waals surface area contributed by atoms with Crippen LogP contribution in [0.3, 0.4) is 0 Å². The van der Waals surface area contributed by atoms with Gasteiger partial charge in [-0.15, -0.1) is 0 Å². The highest BCUT2D eigenvalue weighted by atomic mass is 16.6. The normalized spacial score (nSPS) is 10.6. The van der Waals surface area contributed by atoms with Gasteiger partial charge >= 0.3 is 0 Å². The topological polar surface area (TPSA) is 90.1 Å². The number of hydrogen-bond donors (Lipinski definition) is 1. The van der Waals surface area contributed by atoms with Gasteiger partial charge < -0.3 is 5.32 Å². The van der Waals surface area contributed by atoms with E-state index in [1.54, 1.807) is 16.8 Å². The minimum absolute atomic E-state index is 0.0186. The maximum absolute atomic E-state index is 12.3. The average Bonchev–Trinajstić information content (AvgIpc) is 3.12. The summed E-state index contributed by atoms with van der Waals surface area (Å²) in [6, 6.07) is 15.8. The second-order valence-electron chi connectivity index (χ2n) is 6.47. The van der Waals surface area contributed by atoms with Crippen molar-refractivity contribution in [2.45, 2.75) is 26.2 Å². The van der Waals surface area contributed by atoms with Crippen LogP contribution in [0.4, 0.5) is 5.69 Å². The zero-order chi connectivity index (χ0) is 19.9. The molecule has 0 bridgehead atoms. The highest BCUT2D eigenvalue weighted by molar-refractivity contribution is 5.81. The van der Waals surface area contributed by atoms with Crippen molar-refractivity contribution < 1.29 is 9.72 Å². The summed E-state index contributed by atoms with van der Waals surface area (Å²) in [6.07, 6.45) is 3.98. The van der Waals surface area contributed by atoms with Gasteiger partial charge in [0.05, 0.1) is 22.7 Å². The molecule has 0 unspecified atom stereocenters. The summed E-state index contributed by atoms with van der Waals surface area (Å²) >= 11 is 0. The Labute approximate surface area is 163 Å². The molecule has 28 heavy (non-hydrogen) atoms. The third-order valence-electron chi connectivity index (χ3n) is 4.37. The van der Waals surface area contributed by atoms with Crippen LogP contribution in [0.15, 0.2) is 60.8 Å². The van der Waals surface area contributed by atoms with Crippen LogP contribution in [0.1, 0.15) is 25.3 Å². The molecular formula is C21H22N4O3. The summed E-state index contributed by atoms with van der Waals surface area (Å²) in [5.74, 6) is -0.0655. The van der Waals surface area contributed by atoms with E-state index in [0.717, 1.165) is 29.7 Å². The zero-order valence-electron chi connectivity index (χ0n) is 15.7. The maximum Gasteiger partial charge on any atom is 0.269 e. The first-order valence-corrected chi connectivity index (χ1v) is 9.24. The van der Waals surface area contributed by atoms with Crippen molar-refractivity contribution in [3.05, 3.63) is 76.5 Å². The first-order valence-electron chi connectivity index (χ1n) is 9.24. The van der Waals surface area contributed by atoms with Crippen molar-refractivity contribution in [1.82, 2.24) is 15.1 Å². The third-order valence-corrected chi connectivity index (χ3v) is 4.37. The number of benzene rings is 2. The van der Waals surface area contributed by atoms with Crippen molar-refractivity contribution in [2.75, 3.05) is 6.54 Å². The molecule has 1 amide bonds. The molecule has 7 heteroatoms. The number of hydrogen-bond acceptors (Lipinski definition) is 4. The van der Waals surface area contributed by atoms with Gasteiger partial charge in [0.25, 0.3) is 5.69 Å². The molecule has 2 aromatic carbocycles. The zero-order valence-corrected chi connectivity index (χ0v) is 15.7. The molecular weight excluding hydrogens is 356 g/mol. The highest BCUT2D eigenvalue weighted by Crippen LogP contribution is 2.26. The number of nitrogens with zero attached hydrogens (tertiary/aromatic N) is 3. The third kappa shape index (κ3) is 4.62. The Balaban J connectivity index is 1.93. The second-order valence-corrected chi connectivity index (χ2v) is 6.47. The van der Waals surface area contributed by atoms with Gasteiger partial charge in [0.15, 0.2) is 0 Å². The maximum atomic E-state index is 12.3. The van der Waals surface area contributed by atoms with Crippen LogP contribution in [0.25, 0.3) is 16.9 Å². The molecule has 0 radical (unpaired) electrons. The summed E-state index contributed by atoms with van der Waals surface area (Å²) in [7, 11) is 0. The summed E-state index contributed by atoms with van der Waals surface area (Å²) in [4.78, 5) is 22.8. The number of aromatic nitrogens is 2. The van der Waals surface area contributed by atoms with Crippen molar-refractivity contribution >= 4 is 11.6 Å². The molecule has 1 heterocycles. The molecule has 0 saturated heterocycles. The smallest absolute Gasteiger partial charge is 0.269 e. The van der Waals surface area contributed by atoms with Crippen LogP contribution >= 0.6 is 0 Å². The van der Waals surface area contributed by atoms with Gasteiger partial charge in [0.1, 0.15) is 0 Å². The van der Waals surface area contributed by atoms with Crippen molar-refractivity contribution in [1.29, 1.82) is 0 Å². The molecule has 144 valence electrons. The molecule has 0 aliphatic rings. The number of rotatable bonds is 8. The number of para-hydroxylation sites is 1. The lowest BCUT2D eigenvalue weighted by atomic mass is 10.1. The number of carbonyl (C=O) groups is 1. The Bertz CT molecular complexity index is 950. The molecule has 0 aliphatic heterocycles. The number of carbonyl (C=O) groups excluding carboxylic acids is 1. The largest absolute Gasteiger partial charge is 0.356 e. The van der Waals surface area contributed by atoms with Gasteiger partial charge in [-0.2, -0.15) is 5.10 Å². The number of nitro groups is 1. The molecule has 0 atom stereocenters. The molecule has 1 aromatic heterocycles. The Morgan fingerprint density at radius 3 is 2.50 bits per heavy atom. The first-order chi connectivity index (χ1) is 13.6. The quantitative estimate of drug-likeness (QED) is 0.366. The van der Waals surface area contributed by atoms with Crippen molar-refractivity contribution in [3.63, 3.8) is 0 Å². The van der Waals surface area contributed by atoms with Crippen LogP contribution in [0, 0.1) is 10.1 Å². The molecule has 1 N–H and O–H groups in total. The van der Waals surface area contributed by atoms with Gasteiger partial charge in [0.2, 0.25) is 5.91 Å². The van der Waals surface area contributed by atoms with E-state index in [9.17, 15) is 14.9 Å². The molecule has 0 fully saturated rings. The summed E-state index contributed by atoms with van der Waals surface area (Å²) in [5.41, 5.74) is 3.04. The van der Waals surface area contributed by atoms with E-state index in [0.29, 0.717) is 12.2 Å². The lowest BCUT2D eigenvalue weighted by Gasteiger charge is -2.05. The van der Waals surface area contributed by atoms with Crippen LogP contribution in [0.2, 0.25) is 0 Å². The molecule has 0 spiro atoms. The van der Waals surface area contributed by atoms with Crippen LogP contribution in [0.5, 0.6) is 0 Å².